The lowest BCUT2D eigenvalue weighted by Crippen LogP contribution is -2.22. The van der Waals surface area contributed by atoms with Gasteiger partial charge < -0.3 is 5.32 Å². The maximum Gasteiger partial charge on any atom is 0.141 e. The highest BCUT2D eigenvalue weighted by Crippen LogP contribution is 2.09. The number of hydrogen-bond donors (Lipinski definition) is 1. The number of nitrogens with zero attached hydrogens (tertiary/aromatic N) is 2. The van der Waals surface area contributed by atoms with Crippen molar-refractivity contribution in [3.8, 4) is 0 Å². The molecule has 3 nitrogen and oxygen atoms in total. The van der Waals surface area contributed by atoms with Crippen LogP contribution in [0.25, 0.3) is 0 Å². The summed E-state index contributed by atoms with van der Waals surface area (Å²) in [4.78, 5) is 8.12. The van der Waals surface area contributed by atoms with Crippen LogP contribution in [0.4, 0.5) is 4.39 Å². The van der Waals surface area contributed by atoms with Gasteiger partial charge in [0.25, 0.3) is 0 Å². The van der Waals surface area contributed by atoms with Crippen LogP contribution in [0.1, 0.15) is 24.2 Å². The van der Waals surface area contributed by atoms with E-state index in [2.05, 4.69) is 21.4 Å². The van der Waals surface area contributed by atoms with Gasteiger partial charge in [0, 0.05) is 18.4 Å². The van der Waals surface area contributed by atoms with E-state index in [0.29, 0.717) is 0 Å². The zero-order valence-electron chi connectivity index (χ0n) is 10.3. The molecule has 2 aromatic heterocycles. The van der Waals surface area contributed by atoms with E-state index in [-0.39, 0.29) is 11.9 Å². The van der Waals surface area contributed by atoms with Gasteiger partial charge in [0.05, 0.1) is 11.9 Å². The van der Waals surface area contributed by atoms with Gasteiger partial charge in [0.2, 0.25) is 0 Å². The molecule has 0 aliphatic carbocycles. The van der Waals surface area contributed by atoms with E-state index in [0.717, 1.165) is 18.7 Å². The number of pyridine rings is 2. The Bertz CT molecular complexity index is 470. The van der Waals surface area contributed by atoms with Crippen LogP contribution in [0.5, 0.6) is 0 Å². The minimum atomic E-state index is -0.304. The summed E-state index contributed by atoms with van der Waals surface area (Å²) < 4.78 is 12.7. The topological polar surface area (TPSA) is 37.8 Å². The van der Waals surface area contributed by atoms with Gasteiger partial charge in [-0.1, -0.05) is 6.07 Å². The largest absolute Gasteiger partial charge is 0.309 e. The molecular weight excluding hydrogens is 229 g/mol. The van der Waals surface area contributed by atoms with Crippen molar-refractivity contribution in [3.05, 3.63) is 59.9 Å². The van der Waals surface area contributed by atoms with E-state index in [1.54, 1.807) is 12.3 Å². The third-order valence-corrected chi connectivity index (χ3v) is 2.78. The summed E-state index contributed by atoms with van der Waals surface area (Å²) in [7, 11) is 0. The Hall–Kier alpha value is -1.81. The normalized spacial score (nSPS) is 12.3. The van der Waals surface area contributed by atoms with Gasteiger partial charge >= 0.3 is 0 Å². The first-order valence-electron chi connectivity index (χ1n) is 5.99. The molecule has 0 saturated heterocycles. The van der Waals surface area contributed by atoms with Crippen molar-refractivity contribution in [2.75, 3.05) is 6.54 Å². The van der Waals surface area contributed by atoms with E-state index < -0.39 is 0 Å². The zero-order chi connectivity index (χ0) is 12.8. The third-order valence-electron chi connectivity index (χ3n) is 2.78. The summed E-state index contributed by atoms with van der Waals surface area (Å²) in [5.41, 5.74) is 2.05. The van der Waals surface area contributed by atoms with E-state index in [4.69, 9.17) is 0 Å². The summed E-state index contributed by atoms with van der Waals surface area (Å²) in [6.45, 7) is 2.86. The van der Waals surface area contributed by atoms with Crippen molar-refractivity contribution in [2.45, 2.75) is 19.4 Å². The van der Waals surface area contributed by atoms with Crippen molar-refractivity contribution in [1.29, 1.82) is 0 Å². The summed E-state index contributed by atoms with van der Waals surface area (Å²) in [6.07, 6.45) is 5.79. The number of aromatic nitrogens is 2. The van der Waals surface area contributed by atoms with Crippen molar-refractivity contribution in [1.82, 2.24) is 15.3 Å². The molecule has 0 saturated carbocycles. The minimum Gasteiger partial charge on any atom is -0.309 e. The van der Waals surface area contributed by atoms with Crippen molar-refractivity contribution in [3.63, 3.8) is 0 Å². The molecule has 0 fully saturated rings. The van der Waals surface area contributed by atoms with Gasteiger partial charge in [0.1, 0.15) is 5.82 Å². The molecule has 0 amide bonds. The van der Waals surface area contributed by atoms with Crippen LogP contribution in [0.15, 0.2) is 42.9 Å². The molecule has 2 aromatic rings. The van der Waals surface area contributed by atoms with Crippen LogP contribution in [-0.2, 0) is 6.42 Å². The van der Waals surface area contributed by atoms with Gasteiger partial charge in [-0.05, 0) is 43.7 Å². The lowest BCUT2D eigenvalue weighted by molar-refractivity contribution is 0.557. The first-order chi connectivity index (χ1) is 8.75. The van der Waals surface area contributed by atoms with Crippen LogP contribution in [0.3, 0.4) is 0 Å². The molecule has 0 aliphatic heterocycles. The highest BCUT2D eigenvalue weighted by molar-refractivity contribution is 5.10. The number of halogens is 1. The van der Waals surface area contributed by atoms with E-state index in [1.807, 2.05) is 19.2 Å². The Morgan fingerprint density at radius 3 is 2.83 bits per heavy atom. The summed E-state index contributed by atoms with van der Waals surface area (Å²) in [5, 5.41) is 3.35. The second-order valence-corrected chi connectivity index (χ2v) is 4.19. The molecule has 0 aliphatic rings. The number of rotatable bonds is 5. The molecule has 0 bridgehead atoms. The third kappa shape index (κ3) is 3.60. The van der Waals surface area contributed by atoms with Crippen LogP contribution in [-0.4, -0.2) is 16.5 Å². The molecule has 94 valence electrons. The quantitative estimate of drug-likeness (QED) is 0.879. The Morgan fingerprint density at radius 2 is 2.17 bits per heavy atom. The molecule has 1 atom stereocenters. The molecular formula is C14H16FN3. The fraction of sp³-hybridized carbons (Fsp3) is 0.286. The second kappa shape index (κ2) is 6.21. The SMILES string of the molecule is CC(NCCc1cccnc1)c1ccc(F)cn1. The highest BCUT2D eigenvalue weighted by Gasteiger charge is 2.05. The maximum absolute atomic E-state index is 12.7. The summed E-state index contributed by atoms with van der Waals surface area (Å²) >= 11 is 0. The van der Waals surface area contributed by atoms with Crippen molar-refractivity contribution >= 4 is 0 Å². The molecule has 0 spiro atoms. The number of hydrogen-bond acceptors (Lipinski definition) is 3. The van der Waals surface area contributed by atoms with Crippen LogP contribution in [0.2, 0.25) is 0 Å². The smallest absolute Gasteiger partial charge is 0.141 e. The van der Waals surface area contributed by atoms with Gasteiger partial charge in [-0.25, -0.2) is 4.39 Å². The first kappa shape index (κ1) is 12.6. The average molecular weight is 245 g/mol. The van der Waals surface area contributed by atoms with Gasteiger partial charge in [0.15, 0.2) is 0 Å². The van der Waals surface area contributed by atoms with Gasteiger partial charge in [-0.3, -0.25) is 9.97 Å². The lowest BCUT2D eigenvalue weighted by Gasteiger charge is -2.13. The minimum absolute atomic E-state index is 0.113. The molecule has 2 rings (SSSR count). The zero-order valence-corrected chi connectivity index (χ0v) is 10.3. The fourth-order valence-corrected chi connectivity index (χ4v) is 1.73. The molecule has 4 heteroatoms. The molecule has 1 N–H and O–H groups in total. The fourth-order valence-electron chi connectivity index (χ4n) is 1.73. The Kier molecular flexibility index (Phi) is 4.36. The number of nitrogens with one attached hydrogen (secondary N) is 1. The lowest BCUT2D eigenvalue weighted by atomic mass is 10.2. The molecule has 18 heavy (non-hydrogen) atoms. The van der Waals surface area contributed by atoms with Crippen molar-refractivity contribution < 1.29 is 4.39 Å². The monoisotopic (exact) mass is 245 g/mol. The second-order valence-electron chi connectivity index (χ2n) is 4.19. The van der Waals surface area contributed by atoms with Crippen LogP contribution in [0, 0.1) is 5.82 Å². The summed E-state index contributed by atoms with van der Waals surface area (Å²) in [5.74, 6) is -0.304. The van der Waals surface area contributed by atoms with Crippen LogP contribution < -0.4 is 5.32 Å². The molecule has 2 heterocycles. The van der Waals surface area contributed by atoms with E-state index in [9.17, 15) is 4.39 Å². The van der Waals surface area contributed by atoms with Crippen LogP contribution >= 0.6 is 0 Å². The average Bonchev–Trinajstić information content (AvgIpc) is 2.40. The molecule has 0 aromatic carbocycles. The Morgan fingerprint density at radius 1 is 1.28 bits per heavy atom. The van der Waals surface area contributed by atoms with Crippen molar-refractivity contribution in [2.24, 2.45) is 0 Å². The predicted molar refractivity (Wildman–Crippen MR) is 68.6 cm³/mol. The standard InChI is InChI=1S/C14H16FN3/c1-11(14-5-4-13(15)10-18-14)17-8-6-12-3-2-7-16-9-12/h2-5,7,9-11,17H,6,8H2,1H3. The van der Waals surface area contributed by atoms with Gasteiger partial charge in [-0.2, -0.15) is 0 Å². The summed E-state index contributed by atoms with van der Waals surface area (Å²) in [6, 6.07) is 7.23. The molecule has 0 radical (unpaired) electrons. The Labute approximate surface area is 106 Å². The van der Waals surface area contributed by atoms with Gasteiger partial charge in [-0.15, -0.1) is 0 Å². The van der Waals surface area contributed by atoms with E-state index in [1.165, 1.54) is 17.8 Å². The maximum atomic E-state index is 12.7. The predicted octanol–water partition coefficient (Wildman–Crippen LogP) is 2.51. The first-order valence-corrected chi connectivity index (χ1v) is 5.99. The Balaban J connectivity index is 1.81. The highest BCUT2D eigenvalue weighted by atomic mass is 19.1. The van der Waals surface area contributed by atoms with E-state index >= 15 is 0 Å². The molecule has 1 unspecified atom stereocenters.